The van der Waals surface area contributed by atoms with Gasteiger partial charge < -0.3 is 16.4 Å². The normalized spacial score (nSPS) is 12.7. The molecule has 0 atom stereocenters. The van der Waals surface area contributed by atoms with E-state index in [9.17, 15) is 14.0 Å². The lowest BCUT2D eigenvalue weighted by molar-refractivity contribution is 0.0963. The Morgan fingerprint density at radius 1 is 1.36 bits per heavy atom. The van der Waals surface area contributed by atoms with Crippen molar-refractivity contribution >= 4 is 45.8 Å². The van der Waals surface area contributed by atoms with Crippen molar-refractivity contribution in [3.8, 4) is 0 Å². The highest BCUT2D eigenvalue weighted by Crippen LogP contribution is 2.27. The molecule has 0 bridgehead atoms. The van der Waals surface area contributed by atoms with E-state index in [2.05, 4.69) is 15.6 Å². The molecule has 2 heterocycles. The molecule has 0 fully saturated rings. The van der Waals surface area contributed by atoms with Crippen LogP contribution >= 0.6 is 22.6 Å². The number of primary amides is 1. The molecular weight excluding hydrogens is 402 g/mol. The van der Waals surface area contributed by atoms with Gasteiger partial charge in [0.05, 0.1) is 29.2 Å². The first-order chi connectivity index (χ1) is 10.5. The molecule has 0 saturated carbocycles. The fourth-order valence-corrected chi connectivity index (χ4v) is 2.61. The maximum Gasteiger partial charge on any atom is 0.269 e. The molecule has 2 aromatic rings. The van der Waals surface area contributed by atoms with Crippen LogP contribution in [-0.4, -0.2) is 16.8 Å². The molecule has 3 rings (SSSR count). The Morgan fingerprint density at radius 2 is 2.14 bits per heavy atom. The first-order valence-corrected chi connectivity index (χ1v) is 7.37. The molecule has 2 amide bonds. The first kappa shape index (κ1) is 14.7. The largest absolute Gasteiger partial charge is 0.364 e. The number of nitrogens with two attached hydrogens (primary N) is 1. The number of nitrogens with zero attached hydrogens (tertiary/aromatic N) is 1. The summed E-state index contributed by atoms with van der Waals surface area (Å²) in [5, 5.41) is 5.38. The Kier molecular flexibility index (Phi) is 3.69. The Hall–Kier alpha value is -2.23. The summed E-state index contributed by atoms with van der Waals surface area (Å²) in [5.74, 6) is -1.52. The lowest BCUT2D eigenvalue weighted by Crippen LogP contribution is -2.17. The molecule has 0 unspecified atom stereocenters. The molecule has 0 saturated heterocycles. The third kappa shape index (κ3) is 2.61. The van der Waals surface area contributed by atoms with Gasteiger partial charge in [0.25, 0.3) is 11.8 Å². The Labute approximate surface area is 138 Å². The van der Waals surface area contributed by atoms with Crippen molar-refractivity contribution in [2.24, 2.45) is 5.73 Å². The van der Waals surface area contributed by atoms with Crippen molar-refractivity contribution in [1.29, 1.82) is 0 Å². The van der Waals surface area contributed by atoms with E-state index in [1.807, 2.05) is 22.6 Å². The third-order valence-electron chi connectivity index (χ3n) is 3.20. The summed E-state index contributed by atoms with van der Waals surface area (Å²) >= 11 is 1.99. The van der Waals surface area contributed by atoms with E-state index < -0.39 is 11.7 Å². The van der Waals surface area contributed by atoms with Crippen LogP contribution in [0.1, 0.15) is 26.5 Å². The second-order valence-corrected chi connectivity index (χ2v) is 5.92. The van der Waals surface area contributed by atoms with Gasteiger partial charge in [0.1, 0.15) is 5.82 Å². The van der Waals surface area contributed by atoms with Crippen molar-refractivity contribution in [2.75, 3.05) is 5.32 Å². The number of rotatable bonds is 3. The molecule has 1 aromatic carbocycles. The topological polar surface area (TPSA) is 97.1 Å². The molecule has 0 aliphatic carbocycles. The number of hydrogen-bond donors (Lipinski definition) is 3. The number of hydrogen-bond acceptors (Lipinski definition) is 4. The second kappa shape index (κ2) is 5.52. The van der Waals surface area contributed by atoms with E-state index in [1.165, 1.54) is 18.2 Å². The highest BCUT2D eigenvalue weighted by atomic mass is 127. The molecule has 112 valence electrons. The maximum absolute atomic E-state index is 13.9. The van der Waals surface area contributed by atoms with Gasteiger partial charge >= 0.3 is 0 Å². The van der Waals surface area contributed by atoms with Crippen LogP contribution in [0.3, 0.4) is 0 Å². The van der Waals surface area contributed by atoms with Gasteiger partial charge in [-0.3, -0.25) is 9.59 Å². The van der Waals surface area contributed by atoms with Gasteiger partial charge in [-0.1, -0.05) is 0 Å². The van der Waals surface area contributed by atoms with Gasteiger partial charge in [0.15, 0.2) is 5.69 Å². The van der Waals surface area contributed by atoms with E-state index in [-0.39, 0.29) is 29.5 Å². The van der Waals surface area contributed by atoms with Crippen LogP contribution in [0.4, 0.5) is 15.8 Å². The number of amides is 2. The summed E-state index contributed by atoms with van der Waals surface area (Å²) in [4.78, 5) is 27.3. The average Bonchev–Trinajstić information content (AvgIpc) is 2.82. The van der Waals surface area contributed by atoms with Crippen LogP contribution < -0.4 is 16.4 Å². The van der Waals surface area contributed by atoms with E-state index >= 15 is 0 Å². The second-order valence-electron chi connectivity index (χ2n) is 4.67. The molecule has 1 aliphatic heterocycles. The fourth-order valence-electron chi connectivity index (χ4n) is 2.16. The number of carbonyl (C=O) groups is 2. The van der Waals surface area contributed by atoms with E-state index in [1.54, 1.807) is 6.07 Å². The number of fused-ring (bicyclic) bond motifs is 1. The number of nitrogens with one attached hydrogen (secondary N) is 2. The number of aromatic nitrogens is 1. The molecule has 22 heavy (non-hydrogen) atoms. The summed E-state index contributed by atoms with van der Waals surface area (Å²) in [6.45, 7) is 0.243. The average molecular weight is 412 g/mol. The molecule has 6 nitrogen and oxygen atoms in total. The molecule has 0 spiro atoms. The molecule has 4 N–H and O–H groups in total. The number of halogens is 2. The number of benzene rings is 1. The van der Waals surface area contributed by atoms with Gasteiger partial charge in [0, 0.05) is 3.57 Å². The smallest absolute Gasteiger partial charge is 0.269 e. The van der Waals surface area contributed by atoms with Crippen LogP contribution in [0.15, 0.2) is 24.3 Å². The van der Waals surface area contributed by atoms with Crippen molar-refractivity contribution < 1.29 is 14.0 Å². The lowest BCUT2D eigenvalue weighted by Gasteiger charge is -2.12. The van der Waals surface area contributed by atoms with Crippen LogP contribution in [0.2, 0.25) is 0 Å². The van der Waals surface area contributed by atoms with Crippen LogP contribution in [-0.2, 0) is 6.54 Å². The summed E-state index contributed by atoms with van der Waals surface area (Å²) < 4.78 is 14.7. The van der Waals surface area contributed by atoms with Crippen molar-refractivity contribution in [3.05, 3.63) is 50.6 Å². The van der Waals surface area contributed by atoms with Gasteiger partial charge in [0.2, 0.25) is 0 Å². The molecule has 1 aliphatic rings. The van der Waals surface area contributed by atoms with Crippen LogP contribution in [0, 0.1) is 9.39 Å². The zero-order valence-electron chi connectivity index (χ0n) is 11.1. The highest BCUT2D eigenvalue weighted by Gasteiger charge is 2.24. The van der Waals surface area contributed by atoms with Crippen molar-refractivity contribution in [2.45, 2.75) is 6.54 Å². The SMILES string of the molecule is NC(=O)c1nc2c(cc1Nc1ccc(I)cc1F)C(=O)NC2. The number of anilines is 2. The van der Waals surface area contributed by atoms with Gasteiger partial charge in [-0.15, -0.1) is 0 Å². The quantitative estimate of drug-likeness (QED) is 0.672. The third-order valence-corrected chi connectivity index (χ3v) is 3.87. The molecule has 1 aromatic heterocycles. The summed E-state index contributed by atoms with van der Waals surface area (Å²) in [6, 6.07) is 6.06. The number of carbonyl (C=O) groups excluding carboxylic acids is 2. The number of pyridine rings is 1. The van der Waals surface area contributed by atoms with Gasteiger partial charge in [-0.2, -0.15) is 0 Å². The predicted molar refractivity (Wildman–Crippen MR) is 86.3 cm³/mol. The Balaban J connectivity index is 2.07. The van der Waals surface area contributed by atoms with Crippen LogP contribution in [0.5, 0.6) is 0 Å². The summed E-state index contributed by atoms with van der Waals surface area (Å²) in [5.41, 5.74) is 6.45. The van der Waals surface area contributed by atoms with Gasteiger partial charge in [-0.05, 0) is 46.9 Å². The minimum absolute atomic E-state index is 0.0341. The zero-order chi connectivity index (χ0) is 15.9. The first-order valence-electron chi connectivity index (χ1n) is 6.29. The summed E-state index contributed by atoms with van der Waals surface area (Å²) in [6.07, 6.45) is 0. The molecule has 8 heteroatoms. The van der Waals surface area contributed by atoms with Crippen molar-refractivity contribution in [3.63, 3.8) is 0 Å². The van der Waals surface area contributed by atoms with Crippen LogP contribution in [0.25, 0.3) is 0 Å². The van der Waals surface area contributed by atoms with E-state index in [0.717, 1.165) is 3.57 Å². The monoisotopic (exact) mass is 412 g/mol. The molecular formula is C14H10FIN4O2. The maximum atomic E-state index is 13.9. The van der Waals surface area contributed by atoms with Gasteiger partial charge in [-0.25, -0.2) is 9.37 Å². The lowest BCUT2D eigenvalue weighted by atomic mass is 10.1. The minimum atomic E-state index is -0.754. The van der Waals surface area contributed by atoms with Crippen molar-refractivity contribution in [1.82, 2.24) is 10.3 Å². The standard InChI is InChI=1S/C14H10FIN4O2/c15-8-3-6(16)1-2-9(8)19-10-4-7-11(5-18-14(7)22)20-12(10)13(17)21/h1-4,19H,5H2,(H2,17,21)(H,18,22). The zero-order valence-corrected chi connectivity index (χ0v) is 13.3. The summed E-state index contributed by atoms with van der Waals surface area (Å²) in [7, 11) is 0. The highest BCUT2D eigenvalue weighted by molar-refractivity contribution is 14.1. The Morgan fingerprint density at radius 3 is 2.82 bits per heavy atom. The Bertz CT molecular complexity index is 810. The minimum Gasteiger partial charge on any atom is -0.364 e. The van der Waals surface area contributed by atoms with E-state index in [4.69, 9.17) is 5.73 Å². The molecule has 0 radical (unpaired) electrons. The fraction of sp³-hybridized carbons (Fsp3) is 0.0714. The predicted octanol–water partition coefficient (Wildman–Crippen LogP) is 1.91. The van der Waals surface area contributed by atoms with E-state index in [0.29, 0.717) is 11.3 Å².